The molecule has 1 aliphatic rings. The minimum absolute atomic E-state index is 0.143. The number of unbranched alkanes of at least 4 members (excludes halogenated alkanes) is 1. The second-order valence-electron chi connectivity index (χ2n) is 4.27. The Labute approximate surface area is 90.7 Å². The summed E-state index contributed by atoms with van der Waals surface area (Å²) < 4.78 is 0. The lowest BCUT2D eigenvalue weighted by Crippen LogP contribution is -2.29. The Balaban J connectivity index is 2.12. The third-order valence-corrected chi connectivity index (χ3v) is 3.14. The molecule has 2 unspecified atom stereocenters. The van der Waals surface area contributed by atoms with Gasteiger partial charge in [0.1, 0.15) is 0 Å². The van der Waals surface area contributed by atoms with E-state index in [4.69, 9.17) is 10.2 Å². The Hall–Kier alpha value is -0.610. The highest BCUT2D eigenvalue weighted by Gasteiger charge is 2.32. The van der Waals surface area contributed by atoms with Crippen molar-refractivity contribution in [2.45, 2.75) is 32.1 Å². The van der Waals surface area contributed by atoms with E-state index in [0.717, 1.165) is 45.2 Å². The van der Waals surface area contributed by atoms with E-state index in [-0.39, 0.29) is 12.5 Å². The fraction of sp³-hybridized carbons (Fsp3) is 0.909. The molecule has 0 aromatic rings. The first-order valence-electron chi connectivity index (χ1n) is 5.80. The van der Waals surface area contributed by atoms with Crippen molar-refractivity contribution < 1.29 is 15.0 Å². The highest BCUT2D eigenvalue weighted by molar-refractivity contribution is 5.70. The van der Waals surface area contributed by atoms with Gasteiger partial charge in [-0.3, -0.25) is 4.79 Å². The van der Waals surface area contributed by atoms with Gasteiger partial charge in [-0.1, -0.05) is 6.42 Å². The maximum atomic E-state index is 10.9. The molecule has 2 atom stereocenters. The van der Waals surface area contributed by atoms with Gasteiger partial charge in [-0.05, 0) is 44.7 Å². The van der Waals surface area contributed by atoms with Gasteiger partial charge in [0.25, 0.3) is 0 Å². The number of rotatable bonds is 7. The summed E-state index contributed by atoms with van der Waals surface area (Å²) in [4.78, 5) is 10.9. The van der Waals surface area contributed by atoms with Crippen LogP contribution in [0.15, 0.2) is 0 Å². The van der Waals surface area contributed by atoms with Crippen LogP contribution in [0.4, 0.5) is 0 Å². The first kappa shape index (κ1) is 12.5. The fourth-order valence-corrected chi connectivity index (χ4v) is 2.26. The molecule has 0 radical (unpaired) electrons. The number of hydrogen-bond acceptors (Lipinski definition) is 3. The van der Waals surface area contributed by atoms with Crippen molar-refractivity contribution >= 4 is 5.97 Å². The van der Waals surface area contributed by atoms with Gasteiger partial charge in [0.2, 0.25) is 0 Å². The summed E-state index contributed by atoms with van der Waals surface area (Å²) in [6.07, 6.45) is 4.68. The summed E-state index contributed by atoms with van der Waals surface area (Å²) in [5.74, 6) is -0.485. The lowest BCUT2D eigenvalue weighted by molar-refractivity contribution is -0.142. The van der Waals surface area contributed by atoms with Gasteiger partial charge in [0.15, 0.2) is 0 Å². The van der Waals surface area contributed by atoms with Gasteiger partial charge in [-0.15, -0.1) is 0 Å². The molecule has 1 saturated carbocycles. The molecule has 1 fully saturated rings. The van der Waals surface area contributed by atoms with E-state index in [0.29, 0.717) is 5.92 Å². The Morgan fingerprint density at radius 3 is 2.80 bits per heavy atom. The van der Waals surface area contributed by atoms with Crippen LogP contribution in [0.25, 0.3) is 0 Å². The first-order chi connectivity index (χ1) is 7.25. The molecule has 0 aromatic carbocycles. The number of aliphatic hydroxyl groups is 1. The monoisotopic (exact) mass is 215 g/mol. The highest BCUT2D eigenvalue weighted by Crippen LogP contribution is 2.31. The molecule has 4 nitrogen and oxygen atoms in total. The zero-order chi connectivity index (χ0) is 11.1. The van der Waals surface area contributed by atoms with Gasteiger partial charge in [-0.25, -0.2) is 0 Å². The molecule has 1 aliphatic carbocycles. The first-order valence-corrected chi connectivity index (χ1v) is 5.80. The molecule has 0 saturated heterocycles. The lowest BCUT2D eigenvalue weighted by atomic mass is 9.96. The van der Waals surface area contributed by atoms with E-state index in [1.807, 2.05) is 0 Å². The van der Waals surface area contributed by atoms with Crippen LogP contribution < -0.4 is 5.32 Å². The number of carboxylic acid groups (broad SMARTS) is 1. The van der Waals surface area contributed by atoms with Crippen molar-refractivity contribution in [3.05, 3.63) is 0 Å². The molecule has 0 heterocycles. The summed E-state index contributed by atoms with van der Waals surface area (Å²) in [6, 6.07) is 0. The molecule has 0 aliphatic heterocycles. The molecule has 88 valence electrons. The van der Waals surface area contributed by atoms with Gasteiger partial charge >= 0.3 is 5.97 Å². The second kappa shape index (κ2) is 6.80. The Morgan fingerprint density at radius 1 is 1.33 bits per heavy atom. The summed E-state index contributed by atoms with van der Waals surface area (Å²) >= 11 is 0. The van der Waals surface area contributed by atoms with Gasteiger partial charge < -0.3 is 15.5 Å². The van der Waals surface area contributed by atoms with E-state index in [9.17, 15) is 4.79 Å². The minimum Gasteiger partial charge on any atom is -0.481 e. The summed E-state index contributed by atoms with van der Waals surface area (Å²) in [5.41, 5.74) is 0. The van der Waals surface area contributed by atoms with Crippen LogP contribution in [0.1, 0.15) is 32.1 Å². The maximum absolute atomic E-state index is 10.9. The minimum atomic E-state index is -0.644. The highest BCUT2D eigenvalue weighted by atomic mass is 16.4. The van der Waals surface area contributed by atoms with E-state index >= 15 is 0 Å². The van der Waals surface area contributed by atoms with Crippen LogP contribution in [-0.4, -0.2) is 35.9 Å². The van der Waals surface area contributed by atoms with Crippen LogP contribution >= 0.6 is 0 Å². The topological polar surface area (TPSA) is 69.6 Å². The number of carboxylic acids is 1. The third kappa shape index (κ3) is 4.18. The Kier molecular flexibility index (Phi) is 5.65. The smallest absolute Gasteiger partial charge is 0.306 e. The summed E-state index contributed by atoms with van der Waals surface area (Å²) in [7, 11) is 0. The SMILES string of the molecule is O=C(O)C1CCCC1CNCCCCO. The van der Waals surface area contributed by atoms with E-state index in [1.165, 1.54) is 0 Å². The predicted molar refractivity (Wildman–Crippen MR) is 57.7 cm³/mol. The van der Waals surface area contributed by atoms with Crippen LogP contribution in [0, 0.1) is 11.8 Å². The molecule has 15 heavy (non-hydrogen) atoms. The van der Waals surface area contributed by atoms with Crippen molar-refractivity contribution in [2.24, 2.45) is 11.8 Å². The van der Waals surface area contributed by atoms with Gasteiger partial charge in [-0.2, -0.15) is 0 Å². The Morgan fingerprint density at radius 2 is 2.13 bits per heavy atom. The van der Waals surface area contributed by atoms with Crippen molar-refractivity contribution in [3.63, 3.8) is 0 Å². The van der Waals surface area contributed by atoms with Crippen molar-refractivity contribution in [3.8, 4) is 0 Å². The molecule has 1 rings (SSSR count). The van der Waals surface area contributed by atoms with Gasteiger partial charge in [0, 0.05) is 6.61 Å². The lowest BCUT2D eigenvalue weighted by Gasteiger charge is -2.16. The molecular formula is C11H21NO3. The summed E-state index contributed by atoms with van der Waals surface area (Å²) in [5, 5.41) is 20.8. The van der Waals surface area contributed by atoms with Crippen molar-refractivity contribution in [1.82, 2.24) is 5.32 Å². The molecule has 0 amide bonds. The number of nitrogens with one attached hydrogen (secondary N) is 1. The van der Waals surface area contributed by atoms with E-state index in [2.05, 4.69) is 5.32 Å². The normalized spacial score (nSPS) is 25.7. The average Bonchev–Trinajstić information content (AvgIpc) is 2.66. The number of aliphatic carboxylic acids is 1. The molecule has 0 spiro atoms. The molecular weight excluding hydrogens is 194 g/mol. The molecule has 0 bridgehead atoms. The largest absolute Gasteiger partial charge is 0.481 e. The van der Waals surface area contributed by atoms with Crippen LogP contribution in [0.5, 0.6) is 0 Å². The van der Waals surface area contributed by atoms with Crippen LogP contribution in [0.3, 0.4) is 0 Å². The fourth-order valence-electron chi connectivity index (χ4n) is 2.26. The zero-order valence-electron chi connectivity index (χ0n) is 9.11. The van der Waals surface area contributed by atoms with Crippen molar-refractivity contribution in [2.75, 3.05) is 19.7 Å². The third-order valence-electron chi connectivity index (χ3n) is 3.14. The number of aliphatic hydroxyl groups excluding tert-OH is 1. The average molecular weight is 215 g/mol. The molecule has 4 heteroatoms. The zero-order valence-corrected chi connectivity index (χ0v) is 9.11. The van der Waals surface area contributed by atoms with E-state index < -0.39 is 5.97 Å². The standard InChI is InChI=1S/C11H21NO3/c13-7-2-1-6-12-8-9-4-3-5-10(9)11(14)15/h9-10,12-13H,1-8H2,(H,14,15). The molecule has 3 N–H and O–H groups in total. The Bertz CT molecular complexity index is 196. The van der Waals surface area contributed by atoms with Crippen molar-refractivity contribution in [1.29, 1.82) is 0 Å². The number of carbonyl (C=O) groups is 1. The van der Waals surface area contributed by atoms with Crippen LogP contribution in [-0.2, 0) is 4.79 Å². The predicted octanol–water partition coefficient (Wildman–Crippen LogP) is 0.849. The summed E-state index contributed by atoms with van der Waals surface area (Å²) in [6.45, 7) is 1.93. The molecule has 0 aromatic heterocycles. The van der Waals surface area contributed by atoms with Crippen LogP contribution in [0.2, 0.25) is 0 Å². The van der Waals surface area contributed by atoms with E-state index in [1.54, 1.807) is 0 Å². The quantitative estimate of drug-likeness (QED) is 0.551. The maximum Gasteiger partial charge on any atom is 0.306 e. The number of hydrogen-bond donors (Lipinski definition) is 3. The van der Waals surface area contributed by atoms with Gasteiger partial charge in [0.05, 0.1) is 5.92 Å². The second-order valence-corrected chi connectivity index (χ2v) is 4.27.